The summed E-state index contributed by atoms with van der Waals surface area (Å²) in [5, 5.41) is 12.7. The van der Waals surface area contributed by atoms with Gasteiger partial charge in [0.15, 0.2) is 0 Å². The average Bonchev–Trinajstić information content (AvgIpc) is 2.73. The third-order valence-corrected chi connectivity index (χ3v) is 4.49. The molecule has 2 unspecified atom stereocenters. The topological polar surface area (TPSA) is 120 Å². The predicted molar refractivity (Wildman–Crippen MR) is 114 cm³/mol. The van der Waals surface area contributed by atoms with Gasteiger partial charge in [-0.1, -0.05) is 12.1 Å². The van der Waals surface area contributed by atoms with Gasteiger partial charge < -0.3 is 19.5 Å². The molecule has 1 aromatic rings. The Morgan fingerprint density at radius 2 is 2.00 bits per heavy atom. The van der Waals surface area contributed by atoms with Crippen molar-refractivity contribution in [3.63, 3.8) is 0 Å². The Bertz CT molecular complexity index is 963. The molecule has 1 saturated heterocycles. The van der Waals surface area contributed by atoms with Gasteiger partial charge in [-0.3, -0.25) is 15.0 Å². The third-order valence-electron chi connectivity index (χ3n) is 4.49. The van der Waals surface area contributed by atoms with Crippen LogP contribution in [0, 0.1) is 15.9 Å². The second-order valence-corrected chi connectivity index (χ2v) is 8.51. The molecule has 0 bridgehead atoms. The summed E-state index contributed by atoms with van der Waals surface area (Å²) < 4.78 is 66.6. The fraction of sp³-hybridized carbons (Fsp3) is 0.524. The van der Waals surface area contributed by atoms with Gasteiger partial charge in [-0.15, -0.1) is 0 Å². The molecule has 2 rings (SSSR count). The Kier molecular flexibility index (Phi) is 9.01. The van der Waals surface area contributed by atoms with Crippen LogP contribution in [0.2, 0.25) is 0 Å². The average molecular weight is 507 g/mol. The number of benzene rings is 1. The van der Waals surface area contributed by atoms with Crippen LogP contribution in [0.4, 0.5) is 32.8 Å². The van der Waals surface area contributed by atoms with E-state index in [4.69, 9.17) is 14.2 Å². The molecule has 1 N–H and O–H groups in total. The standard InChI is InChI=1S/C21H25F4N3O7/c1-20(2,3)35-19(30)27-9-14(7-8-15-16(22)5-4-6-17(15)28(31)32)33-10-13(27)11-34-18(29)26-12-21(23,24)25/h4-8,13-14H,9-12H2,1-3H3,(H,26,29)/b8-7+. The van der Waals surface area contributed by atoms with Crippen molar-refractivity contribution < 1.29 is 46.3 Å². The Hall–Kier alpha value is -3.42. The van der Waals surface area contributed by atoms with Crippen LogP contribution in [-0.2, 0) is 14.2 Å². The summed E-state index contributed by atoms with van der Waals surface area (Å²) in [6, 6.07) is 2.49. The molecule has 2 atom stereocenters. The zero-order chi connectivity index (χ0) is 26.4. The van der Waals surface area contributed by atoms with Gasteiger partial charge in [0.2, 0.25) is 0 Å². The Balaban J connectivity index is 2.13. The van der Waals surface area contributed by atoms with E-state index in [2.05, 4.69) is 0 Å². The summed E-state index contributed by atoms with van der Waals surface area (Å²) in [4.78, 5) is 35.9. The first-order valence-corrected chi connectivity index (χ1v) is 10.4. The zero-order valence-corrected chi connectivity index (χ0v) is 19.1. The zero-order valence-electron chi connectivity index (χ0n) is 19.1. The second kappa shape index (κ2) is 11.3. The maximum Gasteiger partial charge on any atom is 0.410 e. The summed E-state index contributed by atoms with van der Waals surface area (Å²) in [5.74, 6) is -0.827. The molecular formula is C21H25F4N3O7. The number of carbonyl (C=O) groups excluding carboxylic acids is 2. The van der Waals surface area contributed by atoms with Crippen molar-refractivity contribution in [1.29, 1.82) is 0 Å². The molecule has 0 spiro atoms. The van der Waals surface area contributed by atoms with Crippen LogP contribution in [0.5, 0.6) is 0 Å². The van der Waals surface area contributed by atoms with E-state index in [0.717, 1.165) is 23.1 Å². The summed E-state index contributed by atoms with van der Waals surface area (Å²) >= 11 is 0. The molecule has 1 aliphatic rings. The highest BCUT2D eigenvalue weighted by atomic mass is 19.4. The van der Waals surface area contributed by atoms with Gasteiger partial charge >= 0.3 is 18.4 Å². The molecule has 1 heterocycles. The van der Waals surface area contributed by atoms with Crippen LogP contribution in [0.1, 0.15) is 26.3 Å². The van der Waals surface area contributed by atoms with Gasteiger partial charge in [0.1, 0.15) is 24.6 Å². The maximum absolute atomic E-state index is 14.1. The van der Waals surface area contributed by atoms with E-state index < -0.39 is 65.7 Å². The normalized spacial score (nSPS) is 18.9. The lowest BCUT2D eigenvalue weighted by atomic mass is 10.1. The molecule has 194 valence electrons. The Labute approximate surface area is 197 Å². The van der Waals surface area contributed by atoms with Crippen LogP contribution in [0.25, 0.3) is 6.08 Å². The number of nitro groups is 1. The van der Waals surface area contributed by atoms with Crippen LogP contribution in [0.3, 0.4) is 0 Å². The SMILES string of the molecule is CC(C)(C)OC(=O)N1CC(/C=C/c2c(F)cccc2[N+](=O)[O-])OCC1COC(=O)NCC(F)(F)F. The first kappa shape index (κ1) is 27.8. The minimum Gasteiger partial charge on any atom is -0.447 e. The smallest absolute Gasteiger partial charge is 0.410 e. The van der Waals surface area contributed by atoms with E-state index in [1.165, 1.54) is 12.1 Å². The van der Waals surface area contributed by atoms with Gasteiger partial charge in [-0.05, 0) is 32.9 Å². The van der Waals surface area contributed by atoms with Crippen LogP contribution < -0.4 is 5.32 Å². The number of alkyl carbamates (subject to hydrolysis) is 1. The molecule has 1 aromatic carbocycles. The van der Waals surface area contributed by atoms with Crippen molar-refractivity contribution in [2.75, 3.05) is 26.3 Å². The monoisotopic (exact) mass is 507 g/mol. The van der Waals surface area contributed by atoms with E-state index >= 15 is 0 Å². The number of hydrogen-bond acceptors (Lipinski definition) is 7. The maximum atomic E-state index is 14.1. The first-order valence-electron chi connectivity index (χ1n) is 10.4. The lowest BCUT2D eigenvalue weighted by Crippen LogP contribution is -2.55. The number of nitro benzene ring substituents is 1. The van der Waals surface area contributed by atoms with E-state index in [1.807, 2.05) is 0 Å². The molecular weight excluding hydrogens is 482 g/mol. The lowest BCUT2D eigenvalue weighted by molar-refractivity contribution is -0.385. The van der Waals surface area contributed by atoms with Crippen molar-refractivity contribution in [2.45, 2.75) is 44.7 Å². The minimum atomic E-state index is -4.62. The molecule has 0 saturated carbocycles. The largest absolute Gasteiger partial charge is 0.447 e. The number of halogens is 4. The number of amides is 2. The predicted octanol–water partition coefficient (Wildman–Crippen LogP) is 4.04. The number of hydrogen-bond donors (Lipinski definition) is 1. The number of morpholine rings is 1. The van der Waals surface area contributed by atoms with E-state index in [-0.39, 0.29) is 18.7 Å². The number of ether oxygens (including phenoxy) is 3. The molecule has 35 heavy (non-hydrogen) atoms. The summed E-state index contributed by atoms with van der Waals surface area (Å²) in [5.41, 5.74) is -1.63. The number of nitrogens with zero attached hydrogens (tertiary/aromatic N) is 2. The van der Waals surface area contributed by atoms with Crippen LogP contribution in [0.15, 0.2) is 24.3 Å². The minimum absolute atomic E-state index is 0.161. The van der Waals surface area contributed by atoms with Gasteiger partial charge in [0.05, 0.1) is 35.8 Å². The molecule has 0 aliphatic carbocycles. The molecule has 1 aliphatic heterocycles. The van der Waals surface area contributed by atoms with Crippen molar-refractivity contribution in [3.8, 4) is 0 Å². The Morgan fingerprint density at radius 1 is 1.31 bits per heavy atom. The highest BCUT2D eigenvalue weighted by Gasteiger charge is 2.35. The number of alkyl halides is 3. The molecule has 0 radical (unpaired) electrons. The molecule has 10 nitrogen and oxygen atoms in total. The molecule has 1 fully saturated rings. The highest BCUT2D eigenvalue weighted by molar-refractivity contribution is 5.70. The van der Waals surface area contributed by atoms with E-state index in [0.29, 0.717) is 0 Å². The van der Waals surface area contributed by atoms with E-state index in [1.54, 1.807) is 26.1 Å². The van der Waals surface area contributed by atoms with Crippen molar-refractivity contribution in [1.82, 2.24) is 10.2 Å². The quantitative estimate of drug-likeness (QED) is 0.351. The summed E-state index contributed by atoms with van der Waals surface area (Å²) in [6.45, 7) is 2.42. The summed E-state index contributed by atoms with van der Waals surface area (Å²) in [7, 11) is 0. The molecule has 0 aromatic heterocycles. The number of carbonyl (C=O) groups is 2. The van der Waals surface area contributed by atoms with Crippen LogP contribution >= 0.6 is 0 Å². The third kappa shape index (κ3) is 9.03. The van der Waals surface area contributed by atoms with E-state index in [9.17, 15) is 37.3 Å². The fourth-order valence-electron chi connectivity index (χ4n) is 2.97. The Morgan fingerprint density at radius 3 is 2.60 bits per heavy atom. The first-order chi connectivity index (χ1) is 16.2. The number of nitrogens with one attached hydrogen (secondary N) is 1. The number of rotatable bonds is 6. The second-order valence-electron chi connectivity index (χ2n) is 8.51. The van der Waals surface area contributed by atoms with Crippen molar-refractivity contribution in [2.24, 2.45) is 0 Å². The fourth-order valence-corrected chi connectivity index (χ4v) is 2.97. The van der Waals surface area contributed by atoms with Gasteiger partial charge in [0.25, 0.3) is 5.69 Å². The van der Waals surface area contributed by atoms with Gasteiger partial charge in [0, 0.05) is 6.07 Å². The van der Waals surface area contributed by atoms with Gasteiger partial charge in [-0.2, -0.15) is 13.2 Å². The highest BCUT2D eigenvalue weighted by Crippen LogP contribution is 2.24. The lowest BCUT2D eigenvalue weighted by Gasteiger charge is -2.39. The molecule has 14 heteroatoms. The summed E-state index contributed by atoms with van der Waals surface area (Å²) in [6.07, 6.45) is -5.11. The van der Waals surface area contributed by atoms with Crippen molar-refractivity contribution >= 4 is 23.9 Å². The molecule has 2 amide bonds. The van der Waals surface area contributed by atoms with Crippen molar-refractivity contribution in [3.05, 3.63) is 45.8 Å². The van der Waals surface area contributed by atoms with Gasteiger partial charge in [-0.25, -0.2) is 14.0 Å². The van der Waals surface area contributed by atoms with Crippen LogP contribution in [-0.4, -0.2) is 72.2 Å².